The van der Waals surface area contributed by atoms with Crippen molar-refractivity contribution in [3.63, 3.8) is 0 Å². The fourth-order valence-electron chi connectivity index (χ4n) is 2.45. The maximum atomic E-state index is 11.8. The zero-order valence-corrected chi connectivity index (χ0v) is 10.2. The minimum atomic E-state index is -0.0841. The van der Waals surface area contributed by atoms with Crippen LogP contribution in [-0.2, 0) is 6.42 Å². The van der Waals surface area contributed by atoms with E-state index in [1.54, 1.807) is 17.5 Å². The Morgan fingerprint density at radius 3 is 3.11 bits per heavy atom. The summed E-state index contributed by atoms with van der Waals surface area (Å²) >= 11 is 1.74. The predicted molar refractivity (Wildman–Crippen MR) is 70.8 cm³/mol. The third kappa shape index (κ3) is 1.19. The van der Waals surface area contributed by atoms with Gasteiger partial charge >= 0.3 is 0 Å². The predicted octanol–water partition coefficient (Wildman–Crippen LogP) is 2.40. The first-order valence-electron chi connectivity index (χ1n) is 5.66. The third-order valence-corrected chi connectivity index (χ3v) is 4.21. The number of hydrogen-bond acceptors (Lipinski definition) is 3. The van der Waals surface area contributed by atoms with Crippen LogP contribution in [0, 0.1) is 0 Å². The number of H-pyrrole nitrogens is 2. The highest BCUT2D eigenvalue weighted by Gasteiger charge is 2.26. The van der Waals surface area contributed by atoms with Gasteiger partial charge in [-0.15, -0.1) is 11.3 Å². The molecule has 0 fully saturated rings. The number of pyridine rings is 1. The molecule has 0 aliphatic heterocycles. The molecular weight excluding hydrogens is 246 g/mol. The molecule has 4 nitrogen and oxygen atoms in total. The molecule has 0 amide bonds. The third-order valence-electron chi connectivity index (χ3n) is 3.29. The smallest absolute Gasteiger partial charge is 0.257 e. The average Bonchev–Trinajstić information content (AvgIpc) is 3.01. The van der Waals surface area contributed by atoms with Gasteiger partial charge in [0, 0.05) is 28.6 Å². The fourth-order valence-corrected chi connectivity index (χ4v) is 3.34. The molecule has 3 aromatic heterocycles. The van der Waals surface area contributed by atoms with Crippen LogP contribution in [0.5, 0.6) is 0 Å². The van der Waals surface area contributed by atoms with Crippen molar-refractivity contribution >= 4 is 11.3 Å². The van der Waals surface area contributed by atoms with Gasteiger partial charge in [-0.2, -0.15) is 5.10 Å². The number of fused-ring (bicyclic) bond motifs is 3. The number of thiophene rings is 1. The van der Waals surface area contributed by atoms with Crippen LogP contribution in [0.2, 0.25) is 0 Å². The molecule has 1 aliphatic rings. The number of rotatable bonds is 1. The van der Waals surface area contributed by atoms with Gasteiger partial charge in [0.05, 0.1) is 17.0 Å². The van der Waals surface area contributed by atoms with Gasteiger partial charge in [0.15, 0.2) is 0 Å². The summed E-state index contributed by atoms with van der Waals surface area (Å²) in [5, 5.41) is 9.44. The molecule has 3 aromatic rings. The van der Waals surface area contributed by atoms with Gasteiger partial charge in [-0.1, -0.05) is 0 Å². The Balaban J connectivity index is 1.95. The van der Waals surface area contributed by atoms with Crippen molar-refractivity contribution in [1.29, 1.82) is 0 Å². The Kier molecular flexibility index (Phi) is 1.87. The molecule has 2 N–H and O–H groups in total. The second kappa shape index (κ2) is 3.43. The first-order chi connectivity index (χ1) is 8.84. The van der Waals surface area contributed by atoms with Gasteiger partial charge in [0.25, 0.3) is 5.56 Å². The minimum absolute atomic E-state index is 0.0841. The van der Waals surface area contributed by atoms with Crippen molar-refractivity contribution in [3.8, 4) is 22.5 Å². The van der Waals surface area contributed by atoms with Gasteiger partial charge in [-0.05, 0) is 23.6 Å². The van der Waals surface area contributed by atoms with Crippen LogP contribution in [0.15, 0.2) is 34.6 Å². The fraction of sp³-hybridized carbons (Fsp3) is 0.0769. The van der Waals surface area contributed by atoms with E-state index >= 15 is 0 Å². The highest BCUT2D eigenvalue weighted by atomic mass is 32.1. The second-order valence-electron chi connectivity index (χ2n) is 4.27. The van der Waals surface area contributed by atoms with Crippen LogP contribution in [-0.4, -0.2) is 15.2 Å². The zero-order valence-electron chi connectivity index (χ0n) is 9.36. The lowest BCUT2D eigenvalue weighted by Crippen LogP contribution is -2.08. The van der Waals surface area contributed by atoms with E-state index in [0.29, 0.717) is 5.56 Å². The van der Waals surface area contributed by atoms with Crippen LogP contribution in [0.25, 0.3) is 22.5 Å². The summed E-state index contributed by atoms with van der Waals surface area (Å²) < 4.78 is 0. The molecule has 0 bridgehead atoms. The number of nitrogens with one attached hydrogen (secondary N) is 2. The monoisotopic (exact) mass is 255 g/mol. The average molecular weight is 255 g/mol. The van der Waals surface area contributed by atoms with Gasteiger partial charge < -0.3 is 4.98 Å². The van der Waals surface area contributed by atoms with E-state index in [9.17, 15) is 4.79 Å². The normalized spacial score (nSPS) is 12.4. The molecule has 0 saturated carbocycles. The Morgan fingerprint density at radius 1 is 1.28 bits per heavy atom. The Bertz CT molecular complexity index is 796. The minimum Gasteiger partial charge on any atom is -0.329 e. The lowest BCUT2D eigenvalue weighted by Gasteiger charge is -1.98. The summed E-state index contributed by atoms with van der Waals surface area (Å²) in [5.41, 5.74) is 4.73. The molecule has 88 valence electrons. The molecule has 4 rings (SSSR count). The van der Waals surface area contributed by atoms with E-state index in [1.807, 2.05) is 12.1 Å². The molecular formula is C13H9N3OS. The highest BCUT2D eigenvalue weighted by molar-refractivity contribution is 7.10. The maximum Gasteiger partial charge on any atom is 0.257 e. The summed E-state index contributed by atoms with van der Waals surface area (Å²) in [5.74, 6) is 0. The first-order valence-corrected chi connectivity index (χ1v) is 6.54. The van der Waals surface area contributed by atoms with Crippen LogP contribution < -0.4 is 5.56 Å². The van der Waals surface area contributed by atoms with Gasteiger partial charge in [0.2, 0.25) is 0 Å². The number of nitrogens with zero attached hydrogens (tertiary/aromatic N) is 1. The van der Waals surface area contributed by atoms with Crippen LogP contribution >= 0.6 is 11.3 Å². The summed E-state index contributed by atoms with van der Waals surface area (Å²) in [4.78, 5) is 15.9. The first kappa shape index (κ1) is 9.85. The van der Waals surface area contributed by atoms with Crippen LogP contribution in [0.3, 0.4) is 0 Å². The molecule has 1 aliphatic carbocycles. The maximum absolute atomic E-state index is 11.8. The van der Waals surface area contributed by atoms with Crippen molar-refractivity contribution in [2.75, 3.05) is 0 Å². The number of aromatic nitrogens is 3. The van der Waals surface area contributed by atoms with Crippen LogP contribution in [0.4, 0.5) is 0 Å². The van der Waals surface area contributed by atoms with Crippen molar-refractivity contribution in [2.24, 2.45) is 0 Å². The van der Waals surface area contributed by atoms with E-state index in [0.717, 1.165) is 23.4 Å². The Morgan fingerprint density at radius 2 is 2.22 bits per heavy atom. The van der Waals surface area contributed by atoms with E-state index in [4.69, 9.17) is 0 Å². The van der Waals surface area contributed by atoms with Crippen LogP contribution in [0.1, 0.15) is 10.4 Å². The number of hydrogen-bond donors (Lipinski definition) is 2. The molecule has 0 unspecified atom stereocenters. The Hall–Kier alpha value is -2.14. The molecule has 5 heteroatoms. The van der Waals surface area contributed by atoms with E-state index < -0.39 is 0 Å². The standard InChI is InChI=1S/C13H9N3OS/c17-13-8(2-1-4-14-13)12-9-6-10-7(3-5-18-10)11(9)15-16-12/h1-5H,6H2,(H,14,17)(H,15,16). The second-order valence-corrected chi connectivity index (χ2v) is 5.27. The van der Waals surface area contributed by atoms with E-state index in [2.05, 4.69) is 26.6 Å². The van der Waals surface area contributed by atoms with Crippen molar-refractivity contribution in [2.45, 2.75) is 6.42 Å². The lowest BCUT2D eigenvalue weighted by molar-refractivity contribution is 1.09. The molecule has 0 saturated heterocycles. The quantitative estimate of drug-likeness (QED) is 0.548. The summed E-state index contributed by atoms with van der Waals surface area (Å²) in [6.45, 7) is 0. The largest absolute Gasteiger partial charge is 0.329 e. The van der Waals surface area contributed by atoms with Gasteiger partial charge in [0.1, 0.15) is 0 Å². The SMILES string of the molecule is O=c1[nH]cccc1-c1[nH]nc2c1Cc1sccc1-2. The molecule has 18 heavy (non-hydrogen) atoms. The zero-order chi connectivity index (χ0) is 12.1. The molecule has 3 heterocycles. The molecule has 0 radical (unpaired) electrons. The van der Waals surface area contributed by atoms with Crippen molar-refractivity contribution in [3.05, 3.63) is 50.6 Å². The summed E-state index contributed by atoms with van der Waals surface area (Å²) in [6.07, 6.45) is 2.50. The molecule has 0 spiro atoms. The molecule has 0 atom stereocenters. The van der Waals surface area contributed by atoms with Gasteiger partial charge in [-0.3, -0.25) is 9.89 Å². The summed E-state index contributed by atoms with van der Waals surface area (Å²) in [7, 11) is 0. The van der Waals surface area contributed by atoms with E-state index in [1.165, 1.54) is 10.4 Å². The summed E-state index contributed by atoms with van der Waals surface area (Å²) in [6, 6.07) is 5.74. The van der Waals surface area contributed by atoms with E-state index in [-0.39, 0.29) is 5.56 Å². The van der Waals surface area contributed by atoms with Crippen molar-refractivity contribution in [1.82, 2.24) is 15.2 Å². The lowest BCUT2D eigenvalue weighted by atomic mass is 10.1. The van der Waals surface area contributed by atoms with Gasteiger partial charge in [-0.25, -0.2) is 0 Å². The van der Waals surface area contributed by atoms with Crippen molar-refractivity contribution < 1.29 is 0 Å². The number of aromatic amines is 2. The highest BCUT2D eigenvalue weighted by Crippen LogP contribution is 2.41. The topological polar surface area (TPSA) is 61.5 Å². The molecule has 0 aromatic carbocycles. The Labute approximate surface area is 106 Å².